The summed E-state index contributed by atoms with van der Waals surface area (Å²) < 4.78 is 5.90. The van der Waals surface area contributed by atoms with Gasteiger partial charge in [-0.25, -0.2) is 0 Å². The number of ether oxygens (including phenoxy) is 1. The van der Waals surface area contributed by atoms with Crippen molar-refractivity contribution in [3.8, 4) is 0 Å². The van der Waals surface area contributed by atoms with E-state index in [1.54, 1.807) is 0 Å². The van der Waals surface area contributed by atoms with Crippen molar-refractivity contribution in [2.24, 2.45) is 39.4 Å². The lowest BCUT2D eigenvalue weighted by molar-refractivity contribution is -0.0962. The summed E-state index contributed by atoms with van der Waals surface area (Å²) >= 11 is 0. The van der Waals surface area contributed by atoms with Crippen molar-refractivity contribution in [2.75, 3.05) is 0 Å². The number of hydrogen-bond donors (Lipinski definition) is 1. The van der Waals surface area contributed by atoms with E-state index in [2.05, 4.69) is 55.4 Å². The van der Waals surface area contributed by atoms with Gasteiger partial charge in [0.1, 0.15) is 0 Å². The Balaban J connectivity index is 1.41. The minimum atomic E-state index is -0.135. The summed E-state index contributed by atoms with van der Waals surface area (Å²) in [5.74, 6) is 2.27. The van der Waals surface area contributed by atoms with Crippen molar-refractivity contribution in [1.82, 2.24) is 0 Å². The zero-order valence-electron chi connectivity index (χ0n) is 22.3. The summed E-state index contributed by atoms with van der Waals surface area (Å²) in [4.78, 5) is 0. The smallest absolute Gasteiger partial charge is 0.0892 e. The third kappa shape index (κ3) is 3.03. The fraction of sp³-hybridized carbons (Fsp3) is 0.933. The van der Waals surface area contributed by atoms with E-state index in [-0.39, 0.29) is 17.1 Å². The number of rotatable bonds is 4. The number of aliphatic hydroxyl groups excluding tert-OH is 1. The molecule has 5 aliphatic rings. The Morgan fingerprint density at radius 2 is 1.59 bits per heavy atom. The van der Waals surface area contributed by atoms with Crippen LogP contribution in [0.3, 0.4) is 0 Å². The van der Waals surface area contributed by atoms with Crippen molar-refractivity contribution >= 4 is 0 Å². The molecule has 5 rings (SSSR count). The molecule has 1 N–H and O–H groups in total. The van der Waals surface area contributed by atoms with Crippen molar-refractivity contribution < 1.29 is 9.84 Å². The lowest BCUT2D eigenvalue weighted by Crippen LogP contribution is -2.55. The maximum atomic E-state index is 10.8. The Bertz CT molecular complexity index is 808. The predicted octanol–water partition coefficient (Wildman–Crippen LogP) is 7.69. The summed E-state index contributed by atoms with van der Waals surface area (Å²) in [6, 6.07) is 0. The van der Waals surface area contributed by atoms with Crippen molar-refractivity contribution in [3.63, 3.8) is 0 Å². The number of hydrogen-bond acceptors (Lipinski definition) is 2. The Kier molecular flexibility index (Phi) is 5.19. The average molecular weight is 443 g/mol. The highest BCUT2D eigenvalue weighted by Crippen LogP contribution is 2.72. The van der Waals surface area contributed by atoms with Crippen molar-refractivity contribution in [1.29, 1.82) is 0 Å². The Labute approximate surface area is 198 Å². The van der Waals surface area contributed by atoms with E-state index in [4.69, 9.17) is 4.74 Å². The van der Waals surface area contributed by atoms with Gasteiger partial charge in [0.05, 0.1) is 17.8 Å². The first-order chi connectivity index (χ1) is 14.8. The third-order valence-corrected chi connectivity index (χ3v) is 12.5. The fourth-order valence-corrected chi connectivity index (χ4v) is 9.98. The van der Waals surface area contributed by atoms with Crippen LogP contribution in [0.2, 0.25) is 0 Å². The molecule has 4 aliphatic carbocycles. The van der Waals surface area contributed by atoms with Gasteiger partial charge >= 0.3 is 0 Å². The molecule has 0 aromatic carbocycles. The summed E-state index contributed by atoms with van der Waals surface area (Å²) in [6.07, 6.45) is 13.1. The number of allylic oxidation sites excluding steroid dienone is 2. The molecule has 1 saturated heterocycles. The molecule has 2 heteroatoms. The van der Waals surface area contributed by atoms with E-state index in [9.17, 15) is 5.11 Å². The van der Waals surface area contributed by atoms with Gasteiger partial charge in [-0.1, -0.05) is 52.7 Å². The molecule has 0 bridgehead atoms. The molecule has 1 heterocycles. The first-order valence-corrected chi connectivity index (χ1v) is 13.9. The van der Waals surface area contributed by atoms with E-state index in [0.717, 1.165) is 18.3 Å². The topological polar surface area (TPSA) is 32.8 Å². The molecule has 32 heavy (non-hydrogen) atoms. The molecule has 0 aromatic heterocycles. The van der Waals surface area contributed by atoms with E-state index < -0.39 is 0 Å². The quantitative estimate of drug-likeness (QED) is 0.357. The second kappa shape index (κ2) is 7.09. The van der Waals surface area contributed by atoms with Crippen LogP contribution >= 0.6 is 0 Å². The predicted molar refractivity (Wildman–Crippen MR) is 132 cm³/mol. The number of epoxide rings is 1. The molecular weight excluding hydrogens is 392 g/mol. The van der Waals surface area contributed by atoms with E-state index in [0.29, 0.717) is 28.3 Å². The van der Waals surface area contributed by atoms with Crippen molar-refractivity contribution in [3.05, 3.63) is 11.1 Å². The molecule has 0 spiro atoms. The molecule has 0 aromatic rings. The molecule has 2 unspecified atom stereocenters. The van der Waals surface area contributed by atoms with Gasteiger partial charge in [-0.3, -0.25) is 0 Å². The van der Waals surface area contributed by atoms with E-state index in [1.807, 2.05) is 11.1 Å². The first kappa shape index (κ1) is 23.4. The SMILES string of the molecule is C[C@H](CCC1OC1(C)C)[C@H]1CC[C@@]2(C)C3=C(CC[C@]12C)[C@@]1(C)CC[C@H](O)C(C)(C)C1CC3. The van der Waals surface area contributed by atoms with E-state index >= 15 is 0 Å². The van der Waals surface area contributed by atoms with Crippen LogP contribution in [-0.2, 0) is 4.74 Å². The molecule has 2 saturated carbocycles. The summed E-state index contributed by atoms with van der Waals surface area (Å²) in [5.41, 5.74) is 5.01. The third-order valence-electron chi connectivity index (χ3n) is 12.5. The first-order valence-electron chi connectivity index (χ1n) is 13.9. The average Bonchev–Trinajstić information content (AvgIpc) is 3.22. The molecule has 8 atom stereocenters. The van der Waals surface area contributed by atoms with E-state index in [1.165, 1.54) is 57.8 Å². The van der Waals surface area contributed by atoms with Crippen LogP contribution in [0.15, 0.2) is 11.1 Å². The molecule has 2 nitrogen and oxygen atoms in total. The highest BCUT2D eigenvalue weighted by atomic mass is 16.6. The lowest BCUT2D eigenvalue weighted by Gasteiger charge is -2.62. The molecule has 1 aliphatic heterocycles. The molecule has 3 fully saturated rings. The Morgan fingerprint density at radius 3 is 2.25 bits per heavy atom. The maximum absolute atomic E-state index is 10.8. The second-order valence-electron chi connectivity index (χ2n) is 14.5. The molecular formula is C30H50O2. The minimum Gasteiger partial charge on any atom is -0.393 e. The molecule has 0 radical (unpaired) electrons. The van der Waals surface area contributed by atoms with Crippen LogP contribution in [0.5, 0.6) is 0 Å². The Hall–Kier alpha value is -0.340. The Morgan fingerprint density at radius 1 is 0.906 bits per heavy atom. The maximum Gasteiger partial charge on any atom is 0.0892 e. The standard InChI is InChI=1S/C30H50O2/c1-19(9-12-25-27(4,5)32-25)20-13-17-30(8)22-10-11-23-26(2,3)24(31)15-16-28(23,6)21(22)14-18-29(20,30)7/h19-20,23-25,31H,9-18H2,1-8H3/t19-,20-,23?,24+,25?,28-,29-,30+/m1/s1. The van der Waals surface area contributed by atoms with Gasteiger partial charge in [0.2, 0.25) is 0 Å². The summed E-state index contributed by atoms with van der Waals surface area (Å²) in [7, 11) is 0. The van der Waals surface area contributed by atoms with Crippen LogP contribution in [0.1, 0.15) is 120 Å². The lowest BCUT2D eigenvalue weighted by atomic mass is 9.43. The summed E-state index contributed by atoms with van der Waals surface area (Å²) in [5, 5.41) is 10.8. The van der Waals surface area contributed by atoms with Crippen molar-refractivity contribution in [2.45, 2.75) is 137 Å². The highest BCUT2D eigenvalue weighted by molar-refractivity contribution is 5.38. The highest BCUT2D eigenvalue weighted by Gasteiger charge is 2.63. The molecule has 0 amide bonds. The largest absolute Gasteiger partial charge is 0.393 e. The minimum absolute atomic E-state index is 0.0402. The van der Waals surface area contributed by atoms with Gasteiger partial charge in [-0.2, -0.15) is 0 Å². The zero-order valence-corrected chi connectivity index (χ0v) is 22.3. The van der Waals surface area contributed by atoms with Crippen LogP contribution in [0, 0.1) is 39.4 Å². The van der Waals surface area contributed by atoms with Crippen LogP contribution in [0.4, 0.5) is 0 Å². The van der Waals surface area contributed by atoms with Gasteiger partial charge in [0.15, 0.2) is 0 Å². The van der Waals surface area contributed by atoms with Gasteiger partial charge in [0.25, 0.3) is 0 Å². The van der Waals surface area contributed by atoms with Crippen LogP contribution < -0.4 is 0 Å². The van der Waals surface area contributed by atoms with Gasteiger partial charge in [0, 0.05) is 0 Å². The van der Waals surface area contributed by atoms with Gasteiger partial charge < -0.3 is 9.84 Å². The number of fused-ring (bicyclic) bond motifs is 4. The molecule has 182 valence electrons. The van der Waals surface area contributed by atoms with Gasteiger partial charge in [-0.05, 0) is 117 Å². The number of aliphatic hydroxyl groups is 1. The van der Waals surface area contributed by atoms with Crippen LogP contribution in [-0.4, -0.2) is 22.9 Å². The van der Waals surface area contributed by atoms with Crippen LogP contribution in [0.25, 0.3) is 0 Å². The van der Waals surface area contributed by atoms with Gasteiger partial charge in [-0.15, -0.1) is 0 Å². The second-order valence-corrected chi connectivity index (χ2v) is 14.5. The zero-order chi connectivity index (χ0) is 23.3. The fourth-order valence-electron chi connectivity index (χ4n) is 9.98. The normalized spacial score (nSPS) is 49.8. The monoisotopic (exact) mass is 442 g/mol. The summed E-state index contributed by atoms with van der Waals surface area (Å²) in [6.45, 7) is 19.6.